The van der Waals surface area contributed by atoms with E-state index >= 15 is 0 Å². The minimum absolute atomic E-state index is 0.116. The lowest BCUT2D eigenvalue weighted by Gasteiger charge is -2.04. The second-order valence-corrected chi connectivity index (χ2v) is 4.77. The van der Waals surface area contributed by atoms with Crippen molar-refractivity contribution in [3.8, 4) is 5.75 Å². The maximum absolute atomic E-state index is 11.6. The molecule has 23 heavy (non-hydrogen) atoms. The van der Waals surface area contributed by atoms with E-state index in [0.29, 0.717) is 11.3 Å². The molecule has 0 aliphatic carbocycles. The van der Waals surface area contributed by atoms with Crippen molar-refractivity contribution in [1.82, 2.24) is 5.43 Å². The van der Waals surface area contributed by atoms with E-state index in [4.69, 9.17) is 16.3 Å². The molecule has 0 heterocycles. The van der Waals surface area contributed by atoms with Crippen molar-refractivity contribution in [3.63, 3.8) is 0 Å². The van der Waals surface area contributed by atoms with Crippen molar-refractivity contribution in [3.05, 3.63) is 69.2 Å². The van der Waals surface area contributed by atoms with E-state index < -0.39 is 10.8 Å². The van der Waals surface area contributed by atoms with Gasteiger partial charge in [0.1, 0.15) is 5.75 Å². The number of carbonyl (C=O) groups is 1. The Morgan fingerprint density at radius 1 is 1.30 bits per heavy atom. The smallest absolute Gasteiger partial charge is 0.277 e. The number of hydrazone groups is 1. The van der Waals surface area contributed by atoms with E-state index in [0.717, 1.165) is 0 Å². The Bertz CT molecular complexity index is 735. The van der Waals surface area contributed by atoms with Crippen molar-refractivity contribution in [2.45, 2.75) is 0 Å². The molecule has 0 atom stereocenters. The minimum Gasteiger partial charge on any atom is -0.484 e. The quantitative estimate of drug-likeness (QED) is 0.499. The van der Waals surface area contributed by atoms with Gasteiger partial charge in [-0.2, -0.15) is 5.10 Å². The Morgan fingerprint density at radius 2 is 2.04 bits per heavy atom. The summed E-state index contributed by atoms with van der Waals surface area (Å²) in [6.07, 6.45) is 1.23. The molecule has 0 aliphatic rings. The van der Waals surface area contributed by atoms with Crippen LogP contribution < -0.4 is 10.2 Å². The number of benzene rings is 2. The second kappa shape index (κ2) is 7.90. The van der Waals surface area contributed by atoms with Crippen LogP contribution in [0, 0.1) is 10.1 Å². The summed E-state index contributed by atoms with van der Waals surface area (Å²) in [7, 11) is 0. The molecule has 7 nitrogen and oxygen atoms in total. The number of nitro groups is 1. The Kier molecular flexibility index (Phi) is 5.65. The van der Waals surface area contributed by atoms with Gasteiger partial charge in [0.2, 0.25) is 0 Å². The zero-order valence-electron chi connectivity index (χ0n) is 11.8. The normalized spacial score (nSPS) is 10.5. The predicted molar refractivity (Wildman–Crippen MR) is 85.8 cm³/mol. The number of halogens is 1. The number of nitro benzene ring substituents is 1. The lowest BCUT2D eigenvalue weighted by molar-refractivity contribution is -0.384. The molecule has 2 aromatic carbocycles. The monoisotopic (exact) mass is 333 g/mol. The zero-order chi connectivity index (χ0) is 16.7. The fourth-order valence-corrected chi connectivity index (χ4v) is 1.78. The van der Waals surface area contributed by atoms with Gasteiger partial charge in [-0.15, -0.1) is 0 Å². The first-order valence-electron chi connectivity index (χ1n) is 6.50. The zero-order valence-corrected chi connectivity index (χ0v) is 12.6. The van der Waals surface area contributed by atoms with Gasteiger partial charge in [-0.1, -0.05) is 29.8 Å². The molecule has 1 amide bonds. The van der Waals surface area contributed by atoms with Gasteiger partial charge in [-0.25, -0.2) is 5.43 Å². The van der Waals surface area contributed by atoms with Gasteiger partial charge in [0, 0.05) is 22.7 Å². The Labute approximate surface area is 136 Å². The molecule has 0 fully saturated rings. The number of rotatable bonds is 6. The molecule has 0 spiro atoms. The number of hydrogen-bond acceptors (Lipinski definition) is 5. The molecular weight excluding hydrogens is 322 g/mol. The number of carbonyl (C=O) groups excluding carboxylic acids is 1. The molecule has 0 aromatic heterocycles. The van der Waals surface area contributed by atoms with Crippen LogP contribution in [0.25, 0.3) is 0 Å². The van der Waals surface area contributed by atoms with Crippen LogP contribution in [-0.2, 0) is 4.79 Å². The highest BCUT2D eigenvalue weighted by Crippen LogP contribution is 2.20. The molecule has 118 valence electrons. The topological polar surface area (TPSA) is 93.8 Å². The molecule has 0 aliphatic heterocycles. The number of nitrogens with zero attached hydrogens (tertiary/aromatic N) is 2. The molecule has 0 bridgehead atoms. The molecule has 8 heteroatoms. The molecule has 0 radical (unpaired) electrons. The summed E-state index contributed by atoms with van der Waals surface area (Å²) in [6, 6.07) is 12.8. The van der Waals surface area contributed by atoms with Crippen LogP contribution in [0.15, 0.2) is 53.6 Å². The van der Waals surface area contributed by atoms with Gasteiger partial charge in [-0.05, 0) is 18.2 Å². The third kappa shape index (κ3) is 5.08. The minimum atomic E-state index is -0.542. The number of nitrogens with one attached hydrogen (secondary N) is 1. The highest BCUT2D eigenvalue weighted by atomic mass is 35.5. The highest BCUT2D eigenvalue weighted by molar-refractivity contribution is 6.33. The molecule has 2 rings (SSSR count). The molecule has 0 unspecified atom stereocenters. The summed E-state index contributed by atoms with van der Waals surface area (Å²) >= 11 is 5.91. The van der Waals surface area contributed by atoms with Crippen molar-refractivity contribution in [2.75, 3.05) is 6.61 Å². The van der Waals surface area contributed by atoms with Crippen LogP contribution in [-0.4, -0.2) is 23.7 Å². The highest BCUT2D eigenvalue weighted by Gasteiger charge is 2.08. The molecule has 0 saturated heterocycles. The van der Waals surface area contributed by atoms with Gasteiger partial charge >= 0.3 is 0 Å². The third-order valence-corrected chi connectivity index (χ3v) is 3.04. The van der Waals surface area contributed by atoms with Crippen molar-refractivity contribution in [1.29, 1.82) is 0 Å². The summed E-state index contributed by atoms with van der Waals surface area (Å²) in [5.74, 6) is 0.0972. The average Bonchev–Trinajstić information content (AvgIpc) is 2.55. The summed E-state index contributed by atoms with van der Waals surface area (Å²) < 4.78 is 5.24. The first-order valence-corrected chi connectivity index (χ1v) is 6.88. The van der Waals surface area contributed by atoms with Crippen LogP contribution >= 0.6 is 11.6 Å². The Balaban J connectivity index is 1.90. The van der Waals surface area contributed by atoms with Crippen LogP contribution in [0.1, 0.15) is 5.56 Å². The van der Waals surface area contributed by atoms with Crippen LogP contribution in [0.4, 0.5) is 5.69 Å². The molecule has 2 aromatic rings. The van der Waals surface area contributed by atoms with Gasteiger partial charge in [-0.3, -0.25) is 14.9 Å². The van der Waals surface area contributed by atoms with E-state index in [-0.39, 0.29) is 17.3 Å². The summed E-state index contributed by atoms with van der Waals surface area (Å²) in [5, 5.41) is 14.7. The van der Waals surface area contributed by atoms with Crippen LogP contribution in [0.5, 0.6) is 5.75 Å². The summed E-state index contributed by atoms with van der Waals surface area (Å²) in [6.45, 7) is -0.204. The van der Waals surface area contributed by atoms with E-state index in [2.05, 4.69) is 10.5 Å². The third-order valence-electron chi connectivity index (χ3n) is 2.70. The second-order valence-electron chi connectivity index (χ2n) is 4.36. The number of hydrogen-bond donors (Lipinski definition) is 1. The largest absolute Gasteiger partial charge is 0.484 e. The van der Waals surface area contributed by atoms with E-state index in [1.165, 1.54) is 24.4 Å². The number of non-ortho nitro benzene ring substituents is 1. The number of para-hydroxylation sites is 1. The Morgan fingerprint density at radius 3 is 2.74 bits per heavy atom. The van der Waals surface area contributed by atoms with Gasteiger partial charge in [0.05, 0.1) is 11.1 Å². The van der Waals surface area contributed by atoms with Crippen molar-refractivity contribution < 1.29 is 14.5 Å². The molecule has 0 saturated carbocycles. The average molecular weight is 334 g/mol. The summed E-state index contributed by atoms with van der Waals surface area (Å²) in [5.41, 5.74) is 2.46. The van der Waals surface area contributed by atoms with Crippen molar-refractivity contribution >= 4 is 29.4 Å². The maximum atomic E-state index is 11.6. The lowest BCUT2D eigenvalue weighted by Crippen LogP contribution is -2.24. The van der Waals surface area contributed by atoms with Gasteiger partial charge in [0.15, 0.2) is 6.61 Å². The van der Waals surface area contributed by atoms with Crippen LogP contribution in [0.3, 0.4) is 0 Å². The van der Waals surface area contributed by atoms with Gasteiger partial charge < -0.3 is 4.74 Å². The fourth-order valence-electron chi connectivity index (χ4n) is 1.62. The molecular formula is C15H12ClN3O4. The standard InChI is InChI=1S/C15H12ClN3O4/c16-14-7-6-12(19(21)22)8-11(14)9-17-18-15(20)10-23-13-4-2-1-3-5-13/h1-9H,10H2,(H,18,20). The predicted octanol–water partition coefficient (Wildman–Crippen LogP) is 2.78. The number of ether oxygens (including phenoxy) is 1. The lowest BCUT2D eigenvalue weighted by atomic mass is 10.2. The first-order chi connectivity index (χ1) is 11.1. The van der Waals surface area contributed by atoms with Crippen LogP contribution in [0.2, 0.25) is 5.02 Å². The maximum Gasteiger partial charge on any atom is 0.277 e. The number of amides is 1. The van der Waals surface area contributed by atoms with E-state index in [9.17, 15) is 14.9 Å². The SMILES string of the molecule is O=C(COc1ccccc1)NN=Cc1cc([N+](=O)[O-])ccc1Cl. The first kappa shape index (κ1) is 16.4. The summed E-state index contributed by atoms with van der Waals surface area (Å²) in [4.78, 5) is 21.7. The van der Waals surface area contributed by atoms with E-state index in [1.54, 1.807) is 24.3 Å². The van der Waals surface area contributed by atoms with Gasteiger partial charge in [0.25, 0.3) is 11.6 Å². The fraction of sp³-hybridized carbons (Fsp3) is 0.0667. The molecule has 1 N–H and O–H groups in total. The van der Waals surface area contributed by atoms with Crippen molar-refractivity contribution in [2.24, 2.45) is 5.10 Å². The van der Waals surface area contributed by atoms with E-state index in [1.807, 2.05) is 6.07 Å². The Hall–Kier alpha value is -2.93.